The Morgan fingerprint density at radius 2 is 1.87 bits per heavy atom. The highest BCUT2D eigenvalue weighted by Gasteiger charge is 2.24. The van der Waals surface area contributed by atoms with Gasteiger partial charge in [0, 0.05) is 35.1 Å². The minimum Gasteiger partial charge on any atom is -0.379 e. The first kappa shape index (κ1) is 24.9. The first-order chi connectivity index (χ1) is 14.5. The lowest BCUT2D eigenvalue weighted by atomic mass is 10.2. The Balaban J connectivity index is 0.00000272. The highest BCUT2D eigenvalue weighted by atomic mass is 79.9. The van der Waals surface area contributed by atoms with Crippen LogP contribution in [-0.4, -0.2) is 55.2 Å². The number of anilines is 1. The van der Waals surface area contributed by atoms with E-state index in [2.05, 4.69) is 36.8 Å². The molecule has 2 heterocycles. The Bertz CT molecular complexity index is 1060. The molecule has 4 rings (SSSR count). The molecule has 3 aromatic rings. The topological polar surface area (TPSA) is 45.7 Å². The minimum absolute atomic E-state index is 0. The van der Waals surface area contributed by atoms with Crippen LogP contribution in [0.1, 0.15) is 16.8 Å². The van der Waals surface area contributed by atoms with Crippen molar-refractivity contribution in [2.45, 2.75) is 6.42 Å². The van der Waals surface area contributed by atoms with Crippen molar-refractivity contribution in [2.75, 3.05) is 44.3 Å². The zero-order valence-electron chi connectivity index (χ0n) is 16.5. The van der Waals surface area contributed by atoms with Gasteiger partial charge in [0.1, 0.15) is 0 Å². The molecule has 1 fully saturated rings. The molecule has 0 bridgehead atoms. The van der Waals surface area contributed by atoms with Crippen molar-refractivity contribution in [2.24, 2.45) is 0 Å². The van der Waals surface area contributed by atoms with E-state index in [0.717, 1.165) is 58.4 Å². The zero-order chi connectivity index (χ0) is 21.1. The quantitative estimate of drug-likeness (QED) is 0.331. The van der Waals surface area contributed by atoms with Gasteiger partial charge in [-0.15, -0.1) is 12.4 Å². The molecule has 0 N–H and O–H groups in total. The van der Waals surface area contributed by atoms with Crippen LogP contribution in [0.2, 0.25) is 5.02 Å². The summed E-state index contributed by atoms with van der Waals surface area (Å²) in [5.41, 5.74) is 1.35. The van der Waals surface area contributed by atoms with Crippen LogP contribution >= 0.6 is 67.2 Å². The third-order valence-corrected chi connectivity index (χ3v) is 7.29. The zero-order valence-corrected chi connectivity index (χ0v) is 22.1. The summed E-state index contributed by atoms with van der Waals surface area (Å²) >= 11 is 14.8. The second kappa shape index (κ2) is 11.4. The van der Waals surface area contributed by atoms with E-state index in [9.17, 15) is 4.79 Å². The fourth-order valence-electron chi connectivity index (χ4n) is 3.37. The average molecular weight is 610 g/mol. The van der Waals surface area contributed by atoms with E-state index in [1.807, 2.05) is 24.3 Å². The maximum atomic E-state index is 13.5. The Hall–Kier alpha value is -0.740. The predicted octanol–water partition coefficient (Wildman–Crippen LogP) is 6.27. The largest absolute Gasteiger partial charge is 0.379 e. The molecule has 5 nitrogen and oxygen atoms in total. The summed E-state index contributed by atoms with van der Waals surface area (Å²) in [4.78, 5) is 22.3. The van der Waals surface area contributed by atoms with Gasteiger partial charge in [-0.1, -0.05) is 54.8 Å². The van der Waals surface area contributed by atoms with Crippen LogP contribution in [0.25, 0.3) is 10.2 Å². The summed E-state index contributed by atoms with van der Waals surface area (Å²) in [5, 5.41) is 1.12. The number of hydrogen-bond donors (Lipinski definition) is 0. The number of amides is 1. The minimum atomic E-state index is -0.138. The molecule has 0 unspecified atom stereocenters. The summed E-state index contributed by atoms with van der Waals surface area (Å²) in [6.07, 6.45) is 0.844. The number of hydrogen-bond acceptors (Lipinski definition) is 5. The van der Waals surface area contributed by atoms with Crippen molar-refractivity contribution in [1.29, 1.82) is 0 Å². The summed E-state index contributed by atoms with van der Waals surface area (Å²) in [7, 11) is 0. The number of carbonyl (C=O) groups is 1. The van der Waals surface area contributed by atoms with Gasteiger partial charge < -0.3 is 4.74 Å². The number of ether oxygens (including phenoxy) is 1. The molecule has 31 heavy (non-hydrogen) atoms. The smallest absolute Gasteiger partial charge is 0.261 e. The van der Waals surface area contributed by atoms with Gasteiger partial charge in [-0.3, -0.25) is 14.6 Å². The second-order valence-corrected chi connectivity index (χ2v) is 10.2. The van der Waals surface area contributed by atoms with E-state index in [1.54, 1.807) is 17.0 Å². The molecule has 1 aliphatic heterocycles. The number of rotatable bonds is 6. The molecular weight excluding hydrogens is 589 g/mol. The van der Waals surface area contributed by atoms with Gasteiger partial charge in [0.05, 0.1) is 34.0 Å². The molecule has 10 heteroatoms. The van der Waals surface area contributed by atoms with Crippen LogP contribution < -0.4 is 4.90 Å². The van der Waals surface area contributed by atoms with Crippen LogP contribution in [0.5, 0.6) is 0 Å². The summed E-state index contributed by atoms with van der Waals surface area (Å²) in [5.74, 6) is -0.138. The molecule has 1 aliphatic rings. The lowest BCUT2D eigenvalue weighted by Gasteiger charge is -2.27. The fraction of sp³-hybridized carbons (Fsp3) is 0.333. The summed E-state index contributed by atoms with van der Waals surface area (Å²) < 4.78 is 8.26. The van der Waals surface area contributed by atoms with Crippen LogP contribution in [0.15, 0.2) is 45.3 Å². The normalized spacial score (nSPS) is 14.4. The summed E-state index contributed by atoms with van der Waals surface area (Å²) in [6.45, 7) is 4.88. The number of thiazole rings is 1. The SMILES string of the molecule is Cl.O=C(c1cc(Br)ccc1Cl)N(CCCN1CCOCC1)c1nc2ccc(Br)cc2s1. The Kier molecular flexibility index (Phi) is 9.16. The number of nitrogens with zero attached hydrogens (tertiary/aromatic N) is 3. The van der Waals surface area contributed by atoms with Crippen molar-refractivity contribution in [3.63, 3.8) is 0 Å². The third kappa shape index (κ3) is 6.19. The maximum absolute atomic E-state index is 13.5. The van der Waals surface area contributed by atoms with Gasteiger partial charge >= 0.3 is 0 Å². The first-order valence-corrected chi connectivity index (χ1v) is 12.4. The van der Waals surface area contributed by atoms with Gasteiger partial charge in [0.15, 0.2) is 5.13 Å². The Morgan fingerprint density at radius 3 is 2.65 bits per heavy atom. The van der Waals surface area contributed by atoms with Gasteiger partial charge in [-0.2, -0.15) is 0 Å². The van der Waals surface area contributed by atoms with Gasteiger partial charge in [-0.25, -0.2) is 4.98 Å². The standard InChI is InChI=1S/C21H20Br2ClN3O2S.ClH/c22-14-2-4-17(24)16(12-14)20(28)27(7-1-6-26-8-10-29-11-9-26)21-25-18-5-3-15(23)13-19(18)30-21;/h2-5,12-13H,1,6-11H2;1H. The van der Waals surface area contributed by atoms with E-state index in [0.29, 0.717) is 22.3 Å². The van der Waals surface area contributed by atoms with Crippen molar-refractivity contribution >= 4 is 88.5 Å². The number of halogens is 4. The summed E-state index contributed by atoms with van der Waals surface area (Å²) in [6, 6.07) is 11.3. The molecule has 0 aliphatic carbocycles. The molecule has 1 amide bonds. The molecular formula is C21H21Br2Cl2N3O2S. The fourth-order valence-corrected chi connectivity index (χ4v) is 5.47. The van der Waals surface area contributed by atoms with Crippen molar-refractivity contribution in [1.82, 2.24) is 9.88 Å². The van der Waals surface area contributed by atoms with E-state index >= 15 is 0 Å². The first-order valence-electron chi connectivity index (χ1n) is 9.64. The van der Waals surface area contributed by atoms with Gasteiger partial charge in [-0.05, 0) is 42.8 Å². The molecule has 0 spiro atoms. The highest BCUT2D eigenvalue weighted by Crippen LogP contribution is 2.33. The van der Waals surface area contributed by atoms with E-state index in [-0.39, 0.29) is 18.3 Å². The monoisotopic (exact) mass is 607 g/mol. The number of carbonyl (C=O) groups excluding carboxylic acids is 1. The predicted molar refractivity (Wildman–Crippen MR) is 137 cm³/mol. The van der Waals surface area contributed by atoms with Crippen molar-refractivity contribution in [3.05, 3.63) is 55.9 Å². The molecule has 2 aromatic carbocycles. The number of morpholine rings is 1. The van der Waals surface area contributed by atoms with Crippen molar-refractivity contribution < 1.29 is 9.53 Å². The number of benzene rings is 2. The van der Waals surface area contributed by atoms with E-state index in [1.165, 1.54) is 11.3 Å². The number of fused-ring (bicyclic) bond motifs is 1. The second-order valence-electron chi connectivity index (χ2n) is 7.00. The molecule has 1 saturated heterocycles. The van der Waals surface area contributed by atoms with Crippen LogP contribution in [0, 0.1) is 0 Å². The van der Waals surface area contributed by atoms with E-state index < -0.39 is 0 Å². The molecule has 0 radical (unpaired) electrons. The van der Waals surface area contributed by atoms with Crippen LogP contribution in [0.4, 0.5) is 5.13 Å². The van der Waals surface area contributed by atoms with E-state index in [4.69, 9.17) is 21.3 Å². The molecule has 0 atom stereocenters. The van der Waals surface area contributed by atoms with Gasteiger partial charge in [0.2, 0.25) is 0 Å². The molecule has 1 aromatic heterocycles. The van der Waals surface area contributed by atoms with Crippen LogP contribution in [-0.2, 0) is 4.74 Å². The molecule has 0 saturated carbocycles. The van der Waals surface area contributed by atoms with Crippen molar-refractivity contribution in [3.8, 4) is 0 Å². The highest BCUT2D eigenvalue weighted by molar-refractivity contribution is 9.10. The van der Waals surface area contributed by atoms with Gasteiger partial charge in [0.25, 0.3) is 5.91 Å². The van der Waals surface area contributed by atoms with Crippen LogP contribution in [0.3, 0.4) is 0 Å². The lowest BCUT2D eigenvalue weighted by molar-refractivity contribution is 0.0376. The Morgan fingerprint density at radius 1 is 1.16 bits per heavy atom. The third-order valence-electron chi connectivity index (χ3n) is 4.93. The molecule has 166 valence electrons. The average Bonchev–Trinajstić information content (AvgIpc) is 3.16. The Labute approximate surface area is 213 Å². The lowest BCUT2D eigenvalue weighted by Crippen LogP contribution is -2.39. The number of aromatic nitrogens is 1. The maximum Gasteiger partial charge on any atom is 0.261 e.